The second kappa shape index (κ2) is 38.6. The minimum atomic E-state index is -0.672. The van der Waals surface area contributed by atoms with Crippen LogP contribution in [0.4, 0.5) is 31.8 Å². The first-order chi connectivity index (χ1) is 48.2. The van der Waals surface area contributed by atoms with Crippen molar-refractivity contribution in [3.05, 3.63) is 190 Å². The molecule has 0 saturated carbocycles. The second-order valence-corrected chi connectivity index (χ2v) is 23.1. The zero-order chi connectivity index (χ0) is 72.0. The molecule has 4 aromatic heterocycles. The largest absolute Gasteiger partial charge is 1.00 e. The van der Waals surface area contributed by atoms with Gasteiger partial charge in [0, 0.05) is 129 Å². The van der Waals surface area contributed by atoms with Gasteiger partial charge in [0.2, 0.25) is 5.97 Å². The normalized spacial score (nSPS) is 15.1. The number of hydrogen-bond donors (Lipinski definition) is 6. The second-order valence-electron chi connectivity index (χ2n) is 22.3. The number of ether oxygens (including phenoxy) is 4. The SMILES string of the molecule is CC(=O)OOC(C)=O.COc1cc(-c2cccc(-c3cccc(Nc4nccc5nccnc45)c3C)c2Cl)cc(F)c1C=O.COc1cc(-c2cccc(-c3cccc(Nc4nccc5nccnc45)c3C)c2Cl)cc(F)c1CN[C@@H]1CCOC[C@@H]1O.N[C@@H]1CCOC[C@@H]1O.[B-]OC(C)=O.[Na+]. The van der Waals surface area contributed by atoms with Gasteiger partial charge in [0.25, 0.3) is 0 Å². The summed E-state index contributed by atoms with van der Waals surface area (Å²) in [5, 5.41) is 30.1. The van der Waals surface area contributed by atoms with E-state index in [-0.39, 0.29) is 66.1 Å². The number of halogens is 4. The maximum Gasteiger partial charge on any atom is 1.00 e. The summed E-state index contributed by atoms with van der Waals surface area (Å²) in [6, 6.07) is 32.6. The van der Waals surface area contributed by atoms with Crippen LogP contribution in [-0.2, 0) is 44.8 Å². The molecule has 7 N–H and O–H groups in total. The molecule has 6 aromatic carbocycles. The average Bonchev–Trinajstić information content (AvgIpc) is 0.785. The van der Waals surface area contributed by atoms with E-state index < -0.39 is 41.8 Å². The fourth-order valence-corrected chi connectivity index (χ4v) is 11.2. The van der Waals surface area contributed by atoms with E-state index in [0.29, 0.717) is 98.8 Å². The number of aldehydes is 1. The molecule has 2 aliphatic heterocycles. The molecule has 0 bridgehead atoms. The number of carbonyl (C=O) groups excluding carboxylic acids is 4. The van der Waals surface area contributed by atoms with Crippen molar-refractivity contribution in [2.24, 2.45) is 5.73 Å². The molecular weight excluding hydrogens is 1360 g/mol. The number of nitrogens with two attached hydrogens (primary N) is 1. The van der Waals surface area contributed by atoms with Crippen LogP contribution in [0.2, 0.25) is 10.0 Å². The van der Waals surface area contributed by atoms with Crippen LogP contribution in [0, 0.1) is 25.5 Å². The Labute approximate surface area is 614 Å². The van der Waals surface area contributed by atoms with Crippen molar-refractivity contribution in [3.63, 3.8) is 0 Å². The summed E-state index contributed by atoms with van der Waals surface area (Å²) in [7, 11) is 7.23. The van der Waals surface area contributed by atoms with E-state index >= 15 is 4.39 Å². The van der Waals surface area contributed by atoms with Crippen molar-refractivity contribution in [3.8, 4) is 56.0 Å². The Bertz CT molecular complexity index is 4500. The van der Waals surface area contributed by atoms with E-state index in [4.69, 9.17) is 53.0 Å². The van der Waals surface area contributed by atoms with Gasteiger partial charge in [-0.1, -0.05) is 83.9 Å². The summed E-state index contributed by atoms with van der Waals surface area (Å²) in [5.74, 6) is -1.09. The summed E-state index contributed by atoms with van der Waals surface area (Å²) in [5.41, 5.74) is 17.9. The molecule has 12 rings (SSSR count). The number of aliphatic hydroxyl groups is 2. The number of fused-ring (bicyclic) bond motifs is 2. The van der Waals surface area contributed by atoms with E-state index in [1.165, 1.54) is 33.3 Å². The maximum absolute atomic E-state index is 15.6. The number of aliphatic hydroxyl groups excluding tert-OH is 2. The van der Waals surface area contributed by atoms with Gasteiger partial charge in [0.15, 0.2) is 17.9 Å². The molecule has 6 heterocycles. The summed E-state index contributed by atoms with van der Waals surface area (Å²) >= 11 is 13.9. The van der Waals surface area contributed by atoms with Gasteiger partial charge in [-0.25, -0.2) is 48.1 Å². The molecule has 4 atom stereocenters. The van der Waals surface area contributed by atoms with Crippen LogP contribution in [0.15, 0.2) is 146 Å². The summed E-state index contributed by atoms with van der Waals surface area (Å²) in [6.07, 6.45) is 10.7. The Balaban J connectivity index is 0.000000220. The Morgan fingerprint density at radius 2 is 1.04 bits per heavy atom. The molecule has 0 unspecified atom stereocenters. The van der Waals surface area contributed by atoms with Gasteiger partial charge in [0.1, 0.15) is 34.2 Å². The van der Waals surface area contributed by atoms with Gasteiger partial charge >= 0.3 is 41.5 Å². The van der Waals surface area contributed by atoms with Gasteiger partial charge in [0.05, 0.1) is 66.3 Å². The third-order valence-electron chi connectivity index (χ3n) is 15.6. The number of benzene rings is 6. The van der Waals surface area contributed by atoms with Crippen molar-refractivity contribution in [1.82, 2.24) is 35.2 Å². The van der Waals surface area contributed by atoms with Crippen LogP contribution in [-0.4, -0.2) is 137 Å². The third-order valence-corrected chi connectivity index (χ3v) is 16.5. The fraction of sp³-hybridized carbons (Fsp3) is 0.250. The number of nitrogens with one attached hydrogen (secondary N) is 3. The topological polar surface area (TPSA) is 313 Å². The summed E-state index contributed by atoms with van der Waals surface area (Å²) in [6.45, 7) is 9.64. The van der Waals surface area contributed by atoms with Crippen LogP contribution >= 0.6 is 23.2 Å². The maximum atomic E-state index is 15.6. The van der Waals surface area contributed by atoms with E-state index in [0.717, 1.165) is 76.1 Å². The third kappa shape index (κ3) is 21.0. The van der Waals surface area contributed by atoms with Crippen molar-refractivity contribution in [2.45, 2.75) is 78.3 Å². The molecule has 10 aromatic rings. The average molecular weight is 1430 g/mol. The Kier molecular flexibility index (Phi) is 30.3. The number of carbonyl (C=O) groups is 4. The molecule has 2 aliphatic rings. The number of nitrogens with zero attached hydrogens (tertiary/aromatic N) is 6. The van der Waals surface area contributed by atoms with Crippen LogP contribution in [0.1, 0.15) is 60.7 Å². The zero-order valence-electron chi connectivity index (χ0n) is 56.4. The van der Waals surface area contributed by atoms with Crippen LogP contribution in [0.5, 0.6) is 11.5 Å². The van der Waals surface area contributed by atoms with E-state index in [1.807, 2.05) is 92.7 Å². The molecule has 0 spiro atoms. The molecule has 0 amide bonds. The van der Waals surface area contributed by atoms with Crippen LogP contribution < -0.4 is 60.7 Å². The standard InChI is InChI=1S/C33H31ClFN5O3.C28H20ClFN4O2.C5H11NO2.C4H6O4.C2H3BO2.Na/c1-19-21(5-4-8-26(19)40-33-32-28(9-11-38-33)36-12-13-37-32)23-7-3-6-22(31(23)34)20-15-25(35)24(30(16-20)42-2)17-39-27-10-14-43-18-29(27)41;1-16-18(5-4-8-23(16)34-28-27-24(9-10-33-28)31-11-12-32-27)20-7-3-6-19(26(20)29)17-13-22(30)21(15-35)25(14-17)36-2;6-4-1-2-8-3-5(4)7;1-3(5)7-8-4(2)6;1-2(4)5-3;/h3-9,11-13,15-16,27,29,39,41H,10,14,17-18H2,1-2H3,(H,38,40);3-15H,1-2H3,(H,33,34);4-5,7H,1-3,6H2;1-2H3;1H3;/q;;;;-1;+1/t27-,29+;;4-,5+;;;/m1.1.../s1. The number of pyridine rings is 2. The van der Waals surface area contributed by atoms with E-state index in [1.54, 1.807) is 55.4 Å². The smallest absolute Gasteiger partial charge is 0.793 e. The summed E-state index contributed by atoms with van der Waals surface area (Å²) < 4.78 is 54.8. The number of rotatable bonds is 14. The first-order valence-corrected chi connectivity index (χ1v) is 31.8. The minimum Gasteiger partial charge on any atom is -0.793 e. The van der Waals surface area contributed by atoms with Crippen molar-refractivity contribution in [2.75, 3.05) is 51.3 Å². The zero-order valence-corrected chi connectivity index (χ0v) is 59.9. The monoisotopic (exact) mass is 1430 g/mol. The van der Waals surface area contributed by atoms with E-state index in [2.05, 4.69) is 68.3 Å². The number of aromatic nitrogens is 6. The summed E-state index contributed by atoms with van der Waals surface area (Å²) in [4.78, 5) is 74.5. The van der Waals surface area contributed by atoms with Gasteiger partial charge in [-0.2, -0.15) is 0 Å². The van der Waals surface area contributed by atoms with Crippen molar-refractivity contribution >= 4 is 101 Å². The Hall–Kier alpha value is -9.16. The van der Waals surface area contributed by atoms with Crippen molar-refractivity contribution < 1.29 is 101 Å². The molecular formula is C72H71BCl2F2N10NaO13. The van der Waals surface area contributed by atoms with Crippen LogP contribution in [0.25, 0.3) is 66.6 Å². The Morgan fingerprint density at radius 1 is 0.604 bits per heavy atom. The van der Waals surface area contributed by atoms with Gasteiger partial charge in [-0.05, 0) is 109 Å². The van der Waals surface area contributed by atoms with Crippen LogP contribution in [0.3, 0.4) is 0 Å². The van der Waals surface area contributed by atoms with Crippen molar-refractivity contribution in [1.29, 1.82) is 0 Å². The molecule has 2 saturated heterocycles. The number of hydrogen-bond acceptors (Lipinski definition) is 23. The number of methoxy groups -OCH3 is 2. The predicted molar refractivity (Wildman–Crippen MR) is 376 cm³/mol. The Morgan fingerprint density at radius 3 is 1.48 bits per heavy atom. The van der Waals surface area contributed by atoms with Gasteiger partial charge < -0.3 is 63.5 Å². The molecule has 29 heteroatoms. The fourth-order valence-electron chi connectivity index (χ4n) is 10.5. The first kappa shape index (κ1) is 79.2. The van der Waals surface area contributed by atoms with Gasteiger partial charge in [-0.3, -0.25) is 19.6 Å². The predicted octanol–water partition coefficient (Wildman–Crippen LogP) is 9.24. The molecule has 3 radical (unpaired) electrons. The first-order valence-electron chi connectivity index (χ1n) is 31.0. The molecule has 23 nitrogen and oxygen atoms in total. The van der Waals surface area contributed by atoms with Gasteiger partial charge in [-0.15, -0.1) is 0 Å². The number of anilines is 4. The molecule has 2 fully saturated rings. The quantitative estimate of drug-likeness (QED) is 0.0256. The molecule has 0 aliphatic carbocycles. The minimum absolute atomic E-state index is 0. The van der Waals surface area contributed by atoms with E-state index in [9.17, 15) is 28.7 Å². The molecule has 519 valence electrons. The molecule has 101 heavy (non-hydrogen) atoms.